The van der Waals surface area contributed by atoms with Gasteiger partial charge in [0, 0.05) is 0 Å². The Hall–Kier alpha value is -1.15. The zero-order valence-corrected chi connectivity index (χ0v) is 10.6. The van der Waals surface area contributed by atoms with E-state index in [1.807, 2.05) is 0 Å². The molecule has 0 aromatic heterocycles. The summed E-state index contributed by atoms with van der Waals surface area (Å²) >= 11 is 0. The zero-order valence-electron chi connectivity index (χ0n) is 10.6. The van der Waals surface area contributed by atoms with E-state index in [1.54, 1.807) is 13.8 Å². The average Bonchev–Trinajstić information content (AvgIpc) is 2.12. The van der Waals surface area contributed by atoms with Gasteiger partial charge in [-0.1, -0.05) is 13.8 Å². The highest BCUT2D eigenvalue weighted by molar-refractivity contribution is 5.68. The van der Waals surface area contributed by atoms with Gasteiger partial charge in [0.15, 0.2) is 0 Å². The molecule has 0 spiro atoms. The van der Waals surface area contributed by atoms with Crippen LogP contribution < -0.4 is 5.32 Å². The molecule has 0 aromatic rings. The second kappa shape index (κ2) is 5.87. The van der Waals surface area contributed by atoms with E-state index >= 15 is 0 Å². The second-order valence-electron chi connectivity index (χ2n) is 4.56. The Morgan fingerprint density at radius 2 is 1.53 bits per heavy atom. The zero-order chi connectivity index (χ0) is 15.5. The van der Waals surface area contributed by atoms with E-state index in [-0.39, 0.29) is 19.4 Å². The predicted octanol–water partition coefficient (Wildman–Crippen LogP) is 3.64. The number of alkyl carbamates (subject to hydrolysis) is 1. The van der Waals surface area contributed by atoms with Crippen molar-refractivity contribution < 1.29 is 35.9 Å². The van der Waals surface area contributed by atoms with Crippen LogP contribution in [0.1, 0.15) is 27.2 Å². The summed E-state index contributed by atoms with van der Waals surface area (Å²) in [6.45, 7) is 3.11. The van der Waals surface area contributed by atoms with Crippen molar-refractivity contribution in [1.29, 1.82) is 0 Å². The molecule has 0 saturated carbocycles. The summed E-state index contributed by atoms with van der Waals surface area (Å²) in [6.07, 6.45) is -12.8. The molecule has 9 heteroatoms. The van der Waals surface area contributed by atoms with Crippen molar-refractivity contribution in [2.45, 2.75) is 45.1 Å². The van der Waals surface area contributed by atoms with Gasteiger partial charge in [-0.25, -0.2) is 4.79 Å². The molecular formula is C10H15F6NO2. The minimum Gasteiger partial charge on any atom is -0.450 e. The lowest BCUT2D eigenvalue weighted by Crippen LogP contribution is -2.65. The molecule has 1 amide bonds. The number of alkyl halides is 6. The van der Waals surface area contributed by atoms with Crippen LogP contribution in [0, 0.1) is 5.92 Å². The molecule has 1 N–H and O–H groups in total. The number of nitrogens with one attached hydrogen (secondary N) is 1. The molecule has 0 radical (unpaired) electrons. The third-order valence-electron chi connectivity index (χ3n) is 2.41. The largest absolute Gasteiger partial charge is 0.450 e. The first-order valence-electron chi connectivity index (χ1n) is 5.39. The van der Waals surface area contributed by atoms with Gasteiger partial charge in [-0.15, -0.1) is 0 Å². The average molecular weight is 295 g/mol. The lowest BCUT2D eigenvalue weighted by Gasteiger charge is -2.34. The number of hydrogen-bond acceptors (Lipinski definition) is 2. The monoisotopic (exact) mass is 295 g/mol. The highest BCUT2D eigenvalue weighted by atomic mass is 19.4. The highest BCUT2D eigenvalue weighted by Crippen LogP contribution is 2.42. The molecule has 114 valence electrons. The summed E-state index contributed by atoms with van der Waals surface area (Å²) in [5.74, 6) is 0.101. The maximum atomic E-state index is 12.4. The Balaban J connectivity index is 4.74. The number of amides is 1. The van der Waals surface area contributed by atoms with Crippen molar-refractivity contribution in [3.8, 4) is 0 Å². The third kappa shape index (κ3) is 4.79. The van der Waals surface area contributed by atoms with Crippen molar-refractivity contribution in [3.63, 3.8) is 0 Å². The lowest BCUT2D eigenvalue weighted by atomic mass is 10.0. The fourth-order valence-electron chi connectivity index (χ4n) is 0.930. The van der Waals surface area contributed by atoms with Crippen molar-refractivity contribution in [2.75, 3.05) is 6.61 Å². The molecule has 19 heavy (non-hydrogen) atoms. The number of rotatable bonds is 4. The summed E-state index contributed by atoms with van der Waals surface area (Å²) in [6, 6.07) is 0. The standard InChI is InChI=1S/C10H15F6NO2/c1-6(2)4-5-19-7(18)17-8(3,9(11,12)13)10(14,15)16/h6H,4-5H2,1-3H3,(H,17,18). The normalized spacial score (nSPS) is 13.6. The molecule has 0 aliphatic rings. The Kier molecular flexibility index (Phi) is 5.52. The van der Waals surface area contributed by atoms with Gasteiger partial charge >= 0.3 is 18.4 Å². The molecule has 0 rings (SSSR count). The van der Waals surface area contributed by atoms with Crippen LogP contribution in [0.25, 0.3) is 0 Å². The van der Waals surface area contributed by atoms with Crippen molar-refractivity contribution in [1.82, 2.24) is 5.32 Å². The molecule has 0 unspecified atom stereocenters. The van der Waals surface area contributed by atoms with Crippen LogP contribution >= 0.6 is 0 Å². The van der Waals surface area contributed by atoms with Gasteiger partial charge in [-0.3, -0.25) is 5.32 Å². The van der Waals surface area contributed by atoms with Crippen LogP contribution in [0.15, 0.2) is 0 Å². The SMILES string of the molecule is CC(C)CCOC(=O)NC(C)(C(F)(F)F)C(F)(F)F. The summed E-state index contributed by atoms with van der Waals surface area (Å²) < 4.78 is 78.8. The van der Waals surface area contributed by atoms with Crippen molar-refractivity contribution in [3.05, 3.63) is 0 Å². The van der Waals surface area contributed by atoms with E-state index in [0.717, 1.165) is 5.32 Å². The molecule has 0 aliphatic heterocycles. The van der Waals surface area contributed by atoms with Crippen LogP contribution in [-0.4, -0.2) is 30.6 Å². The summed E-state index contributed by atoms with van der Waals surface area (Å²) in [5, 5.41) is 0.836. The van der Waals surface area contributed by atoms with Gasteiger partial charge < -0.3 is 4.74 Å². The first-order chi connectivity index (χ1) is 8.31. The Labute approximate surface area is 106 Å². The smallest absolute Gasteiger partial charge is 0.420 e. The molecule has 3 nitrogen and oxygen atoms in total. The maximum absolute atomic E-state index is 12.4. The minimum absolute atomic E-state index is 0.101. The molecule has 0 fully saturated rings. The maximum Gasteiger partial charge on any atom is 0.420 e. The first-order valence-corrected chi connectivity index (χ1v) is 5.39. The second-order valence-corrected chi connectivity index (χ2v) is 4.56. The van der Waals surface area contributed by atoms with E-state index in [9.17, 15) is 31.1 Å². The number of carbonyl (C=O) groups excluding carboxylic acids is 1. The van der Waals surface area contributed by atoms with Gasteiger partial charge in [0.25, 0.3) is 0 Å². The predicted molar refractivity (Wildman–Crippen MR) is 54.5 cm³/mol. The summed E-state index contributed by atoms with van der Waals surface area (Å²) in [4.78, 5) is 11.0. The molecule has 0 aromatic carbocycles. The first kappa shape index (κ1) is 17.8. The van der Waals surface area contributed by atoms with Gasteiger partial charge in [-0.05, 0) is 19.3 Å². The Morgan fingerprint density at radius 3 is 1.84 bits per heavy atom. The Bertz CT molecular complexity index is 296. The van der Waals surface area contributed by atoms with Crippen LogP contribution in [0.5, 0.6) is 0 Å². The lowest BCUT2D eigenvalue weighted by molar-refractivity contribution is -0.298. The van der Waals surface area contributed by atoms with Crippen LogP contribution in [0.4, 0.5) is 31.1 Å². The molecule has 0 heterocycles. The van der Waals surface area contributed by atoms with Crippen LogP contribution in [-0.2, 0) is 4.74 Å². The molecule has 0 bridgehead atoms. The van der Waals surface area contributed by atoms with E-state index in [4.69, 9.17) is 0 Å². The third-order valence-corrected chi connectivity index (χ3v) is 2.41. The van der Waals surface area contributed by atoms with E-state index in [0.29, 0.717) is 6.42 Å². The molecule has 0 saturated heterocycles. The van der Waals surface area contributed by atoms with E-state index < -0.39 is 24.0 Å². The molecule has 0 atom stereocenters. The minimum atomic E-state index is -5.68. The van der Waals surface area contributed by atoms with Gasteiger partial charge in [0.2, 0.25) is 5.54 Å². The van der Waals surface area contributed by atoms with Crippen molar-refractivity contribution in [2.24, 2.45) is 5.92 Å². The quantitative estimate of drug-likeness (QED) is 0.804. The van der Waals surface area contributed by atoms with Gasteiger partial charge in [0.1, 0.15) is 0 Å². The van der Waals surface area contributed by atoms with E-state index in [2.05, 4.69) is 4.74 Å². The molecule has 0 aliphatic carbocycles. The number of halogens is 6. The molecular weight excluding hydrogens is 280 g/mol. The summed E-state index contributed by atoms with van der Waals surface area (Å²) in [5.41, 5.74) is -4.34. The highest BCUT2D eigenvalue weighted by Gasteiger charge is 2.69. The number of hydrogen-bond donors (Lipinski definition) is 1. The topological polar surface area (TPSA) is 38.3 Å². The number of ether oxygens (including phenoxy) is 1. The summed E-state index contributed by atoms with van der Waals surface area (Å²) in [7, 11) is 0. The van der Waals surface area contributed by atoms with Crippen molar-refractivity contribution >= 4 is 6.09 Å². The van der Waals surface area contributed by atoms with Crippen LogP contribution in [0.3, 0.4) is 0 Å². The van der Waals surface area contributed by atoms with Gasteiger partial charge in [0.05, 0.1) is 6.61 Å². The number of carbonyl (C=O) groups is 1. The van der Waals surface area contributed by atoms with Crippen LogP contribution in [0.2, 0.25) is 0 Å². The van der Waals surface area contributed by atoms with E-state index in [1.165, 1.54) is 0 Å². The fraction of sp³-hybridized carbons (Fsp3) is 0.900. The fourth-order valence-corrected chi connectivity index (χ4v) is 0.930. The van der Waals surface area contributed by atoms with Gasteiger partial charge in [-0.2, -0.15) is 26.3 Å². The Morgan fingerprint density at radius 1 is 1.11 bits per heavy atom.